The van der Waals surface area contributed by atoms with Crippen LogP contribution in [0.3, 0.4) is 0 Å². The van der Waals surface area contributed by atoms with Crippen LogP contribution < -0.4 is 22.5 Å². The highest BCUT2D eigenvalue weighted by atomic mass is 32.2. The Morgan fingerprint density at radius 3 is 2.17 bits per heavy atom. The molecule has 1 amide bonds. The van der Waals surface area contributed by atoms with E-state index in [4.69, 9.17) is 32.2 Å². The van der Waals surface area contributed by atoms with Crippen molar-refractivity contribution in [3.63, 3.8) is 0 Å². The Hall–Kier alpha value is -2.01. The lowest BCUT2D eigenvalue weighted by molar-refractivity contribution is -0.142. The van der Waals surface area contributed by atoms with Crippen LogP contribution in [-0.2, 0) is 14.4 Å². The van der Waals surface area contributed by atoms with Crippen molar-refractivity contribution < 1.29 is 24.6 Å². The van der Waals surface area contributed by atoms with Crippen LogP contribution in [0.25, 0.3) is 0 Å². The molecule has 10 nitrogen and oxygen atoms in total. The van der Waals surface area contributed by atoms with Crippen LogP contribution in [0, 0.1) is 0 Å². The zero-order chi connectivity index (χ0) is 19.1. The molecule has 11 heteroatoms. The predicted octanol–water partition coefficient (Wildman–Crippen LogP) is -1.22. The number of aliphatic carboxylic acids is 2. The van der Waals surface area contributed by atoms with Crippen LogP contribution in [0.2, 0.25) is 0 Å². The zero-order valence-electron chi connectivity index (χ0n) is 13.9. The van der Waals surface area contributed by atoms with Gasteiger partial charge in [0.1, 0.15) is 6.04 Å². The highest BCUT2D eigenvalue weighted by Crippen LogP contribution is 2.02. The number of hydrogen-bond acceptors (Lipinski definition) is 6. The number of hydrogen-bond donors (Lipinski definition) is 6. The van der Waals surface area contributed by atoms with Crippen molar-refractivity contribution in [3.05, 3.63) is 0 Å². The lowest BCUT2D eigenvalue weighted by Crippen LogP contribution is -2.48. The molecule has 0 aliphatic carbocycles. The van der Waals surface area contributed by atoms with Crippen LogP contribution in [0.15, 0.2) is 4.99 Å². The normalized spacial score (nSPS) is 12.1. The lowest BCUT2D eigenvalue weighted by Gasteiger charge is -2.17. The summed E-state index contributed by atoms with van der Waals surface area (Å²) in [5.41, 5.74) is 16.0. The molecule has 0 aromatic rings. The molecule has 0 saturated heterocycles. The number of carboxylic acids is 2. The van der Waals surface area contributed by atoms with Crippen molar-refractivity contribution in [3.8, 4) is 0 Å². The smallest absolute Gasteiger partial charge is 0.326 e. The highest BCUT2D eigenvalue weighted by Gasteiger charge is 2.22. The van der Waals surface area contributed by atoms with Gasteiger partial charge in [0, 0.05) is 13.5 Å². The van der Waals surface area contributed by atoms with Gasteiger partial charge in [0.15, 0.2) is 5.96 Å². The van der Waals surface area contributed by atoms with Crippen LogP contribution >= 0.6 is 11.8 Å². The summed E-state index contributed by atoms with van der Waals surface area (Å²) in [6.45, 7) is 1.40. The number of nitrogens with one attached hydrogen (secondary N) is 1. The fourth-order valence-corrected chi connectivity index (χ4v) is 1.91. The van der Waals surface area contributed by atoms with Crippen LogP contribution in [0.4, 0.5) is 0 Å². The molecule has 0 saturated carbocycles. The number of carbonyl (C=O) groups excluding carboxylic acids is 1. The maximum Gasteiger partial charge on any atom is 0.326 e. The second-order valence-electron chi connectivity index (χ2n) is 4.76. The van der Waals surface area contributed by atoms with Gasteiger partial charge in [-0.25, -0.2) is 4.79 Å². The molecule has 0 fully saturated rings. The molecular weight excluding hydrogens is 338 g/mol. The quantitative estimate of drug-likeness (QED) is 0.156. The van der Waals surface area contributed by atoms with E-state index in [1.54, 1.807) is 11.8 Å². The van der Waals surface area contributed by atoms with E-state index in [1.165, 1.54) is 0 Å². The van der Waals surface area contributed by atoms with Crippen LogP contribution in [0.5, 0.6) is 0 Å². The van der Waals surface area contributed by atoms with Gasteiger partial charge in [-0.15, -0.1) is 0 Å². The molecule has 24 heavy (non-hydrogen) atoms. The molecule has 0 aliphatic rings. The number of carbonyl (C=O) groups is 3. The molecule has 0 aromatic heterocycles. The second kappa shape index (κ2) is 14.6. The SMILES string of the molecule is CC(=O)O.CSCC[C@H](N)C(=O)N[C@@H](CCCN=C(N)N)C(=O)O. The standard InChI is InChI=1S/C11H23N5O3S.C2H4O2/c1-20-6-4-7(12)9(17)16-8(10(18)19)3-2-5-15-11(13)14;1-2(3)4/h7-8H,2-6,12H2,1H3,(H,16,17)(H,18,19)(H4,13,14,15);1H3,(H,3,4)/t7-,8-;/m0./s1. The van der Waals surface area contributed by atoms with Gasteiger partial charge in [-0.3, -0.25) is 14.6 Å². The minimum absolute atomic E-state index is 0.0417. The summed E-state index contributed by atoms with van der Waals surface area (Å²) in [4.78, 5) is 35.5. The fourth-order valence-electron chi connectivity index (χ4n) is 1.42. The monoisotopic (exact) mass is 365 g/mol. The molecule has 0 aliphatic heterocycles. The third kappa shape index (κ3) is 16.4. The number of nitrogens with zero attached hydrogens (tertiary/aromatic N) is 1. The number of rotatable bonds is 10. The van der Waals surface area contributed by atoms with Gasteiger partial charge in [-0.2, -0.15) is 11.8 Å². The van der Waals surface area contributed by atoms with Gasteiger partial charge in [0.25, 0.3) is 5.97 Å². The molecule has 0 spiro atoms. The Balaban J connectivity index is 0. The van der Waals surface area contributed by atoms with E-state index < -0.39 is 29.9 Å². The minimum Gasteiger partial charge on any atom is -0.481 e. The van der Waals surface area contributed by atoms with E-state index in [0.29, 0.717) is 19.4 Å². The van der Waals surface area contributed by atoms with Gasteiger partial charge >= 0.3 is 5.97 Å². The second-order valence-corrected chi connectivity index (χ2v) is 5.74. The van der Waals surface area contributed by atoms with Crippen molar-refractivity contribution in [2.75, 3.05) is 18.6 Å². The van der Waals surface area contributed by atoms with Gasteiger partial charge in [-0.05, 0) is 31.3 Å². The Bertz CT molecular complexity index is 425. The Morgan fingerprint density at radius 1 is 1.21 bits per heavy atom. The predicted molar refractivity (Wildman–Crippen MR) is 93.8 cm³/mol. The summed E-state index contributed by atoms with van der Waals surface area (Å²) in [5, 5.41) is 18.9. The number of aliphatic imine (C=N–C) groups is 1. The van der Waals surface area contributed by atoms with E-state index in [1.807, 2.05) is 6.26 Å². The first-order valence-electron chi connectivity index (χ1n) is 7.14. The molecule has 0 unspecified atom stereocenters. The first-order chi connectivity index (χ1) is 11.1. The summed E-state index contributed by atoms with van der Waals surface area (Å²) < 4.78 is 0. The average molecular weight is 365 g/mol. The minimum atomic E-state index is -1.10. The Labute approximate surface area is 145 Å². The van der Waals surface area contributed by atoms with E-state index in [0.717, 1.165) is 12.7 Å². The summed E-state index contributed by atoms with van der Waals surface area (Å²) in [6, 6.07) is -1.67. The molecule has 2 atom stereocenters. The molecule has 0 aromatic carbocycles. The summed E-state index contributed by atoms with van der Waals surface area (Å²) in [5.74, 6) is -1.68. The zero-order valence-corrected chi connectivity index (χ0v) is 14.7. The highest BCUT2D eigenvalue weighted by molar-refractivity contribution is 7.98. The molecule has 0 radical (unpaired) electrons. The maximum atomic E-state index is 11.7. The lowest BCUT2D eigenvalue weighted by atomic mass is 10.1. The first kappa shape index (κ1) is 24.2. The van der Waals surface area contributed by atoms with E-state index >= 15 is 0 Å². The summed E-state index contributed by atoms with van der Waals surface area (Å²) >= 11 is 1.58. The summed E-state index contributed by atoms with van der Waals surface area (Å²) in [6.07, 6.45) is 3.12. The third-order valence-electron chi connectivity index (χ3n) is 2.53. The molecule has 140 valence electrons. The van der Waals surface area contributed by atoms with Crippen molar-refractivity contribution in [2.24, 2.45) is 22.2 Å². The number of thioether (sulfide) groups is 1. The third-order valence-corrected chi connectivity index (χ3v) is 3.17. The largest absolute Gasteiger partial charge is 0.481 e. The van der Waals surface area contributed by atoms with Gasteiger partial charge in [0.2, 0.25) is 5.91 Å². The van der Waals surface area contributed by atoms with Gasteiger partial charge in [-0.1, -0.05) is 0 Å². The molecule has 0 rings (SSSR count). The Morgan fingerprint density at radius 2 is 1.75 bits per heavy atom. The number of carboxylic acid groups (broad SMARTS) is 2. The van der Waals surface area contributed by atoms with Crippen molar-refractivity contribution in [1.29, 1.82) is 0 Å². The maximum absolute atomic E-state index is 11.7. The van der Waals surface area contributed by atoms with Crippen LogP contribution in [0.1, 0.15) is 26.2 Å². The van der Waals surface area contributed by atoms with E-state index in [9.17, 15) is 9.59 Å². The van der Waals surface area contributed by atoms with Crippen molar-refractivity contribution >= 4 is 35.6 Å². The first-order valence-corrected chi connectivity index (χ1v) is 8.53. The molecule has 0 bridgehead atoms. The van der Waals surface area contributed by atoms with Crippen LogP contribution in [-0.4, -0.2) is 64.7 Å². The number of amides is 1. The van der Waals surface area contributed by atoms with Gasteiger partial charge < -0.3 is 32.7 Å². The van der Waals surface area contributed by atoms with Crippen molar-refractivity contribution in [1.82, 2.24) is 5.32 Å². The van der Waals surface area contributed by atoms with E-state index in [2.05, 4.69) is 10.3 Å². The molecular formula is C13H27N5O5S. The summed E-state index contributed by atoms with van der Waals surface area (Å²) in [7, 11) is 0. The topological polar surface area (TPSA) is 194 Å². The van der Waals surface area contributed by atoms with Crippen molar-refractivity contribution in [2.45, 2.75) is 38.3 Å². The number of nitrogens with two attached hydrogens (primary N) is 3. The number of guanidine groups is 1. The molecule has 0 heterocycles. The van der Waals surface area contributed by atoms with E-state index in [-0.39, 0.29) is 12.4 Å². The fraction of sp³-hybridized carbons (Fsp3) is 0.692. The average Bonchev–Trinajstić information content (AvgIpc) is 2.46. The van der Waals surface area contributed by atoms with Gasteiger partial charge in [0.05, 0.1) is 6.04 Å². The molecule has 9 N–H and O–H groups in total. The Kier molecular flexibility index (Phi) is 14.7.